The largest absolute Gasteiger partial charge is 0.294 e. The van der Waals surface area contributed by atoms with Crippen LogP contribution in [-0.2, 0) is 15.4 Å². The van der Waals surface area contributed by atoms with E-state index in [0.29, 0.717) is 12.0 Å². The molecule has 0 saturated carbocycles. The van der Waals surface area contributed by atoms with Crippen molar-refractivity contribution >= 4 is 15.6 Å². The summed E-state index contributed by atoms with van der Waals surface area (Å²) in [5, 5.41) is 4.19. The highest BCUT2D eigenvalue weighted by Gasteiger charge is 2.41. The zero-order valence-corrected chi connectivity index (χ0v) is 11.0. The van der Waals surface area contributed by atoms with Gasteiger partial charge >= 0.3 is 0 Å². The summed E-state index contributed by atoms with van der Waals surface area (Å²) in [5.74, 6) is 0.246. The topological polar surface area (TPSA) is 69.0 Å². The molecule has 2 rings (SSSR count). The van der Waals surface area contributed by atoms with E-state index in [1.165, 1.54) is 13.1 Å². The molecule has 0 aliphatic carbocycles. The molecular formula is C11H16N2O3S. The molecule has 0 aromatic carbocycles. The lowest BCUT2D eigenvalue weighted by Gasteiger charge is -2.24. The van der Waals surface area contributed by atoms with E-state index in [2.05, 4.69) is 5.10 Å². The summed E-state index contributed by atoms with van der Waals surface area (Å²) in [6.45, 7) is 5.17. The van der Waals surface area contributed by atoms with Gasteiger partial charge in [0.1, 0.15) is 0 Å². The van der Waals surface area contributed by atoms with Gasteiger partial charge in [0, 0.05) is 5.69 Å². The average molecular weight is 256 g/mol. The van der Waals surface area contributed by atoms with Crippen molar-refractivity contribution in [3.63, 3.8) is 0 Å². The van der Waals surface area contributed by atoms with Crippen molar-refractivity contribution < 1.29 is 13.2 Å². The number of ketones is 1. The van der Waals surface area contributed by atoms with Crippen molar-refractivity contribution in [3.05, 3.63) is 17.5 Å². The second kappa shape index (κ2) is 3.66. The zero-order chi connectivity index (χ0) is 12.8. The van der Waals surface area contributed by atoms with Gasteiger partial charge in [0.15, 0.2) is 15.6 Å². The summed E-state index contributed by atoms with van der Waals surface area (Å²) in [7, 11) is -2.98. The number of hydrogen-bond donors (Lipinski definition) is 0. The van der Waals surface area contributed by atoms with Gasteiger partial charge in [0.05, 0.1) is 28.8 Å². The summed E-state index contributed by atoms with van der Waals surface area (Å²) >= 11 is 0. The highest BCUT2D eigenvalue weighted by molar-refractivity contribution is 7.91. The number of carbonyl (C=O) groups is 1. The van der Waals surface area contributed by atoms with E-state index in [-0.39, 0.29) is 17.3 Å². The van der Waals surface area contributed by atoms with Gasteiger partial charge in [-0.25, -0.2) is 8.42 Å². The normalized spacial score (nSPS) is 27.2. The molecule has 0 radical (unpaired) electrons. The van der Waals surface area contributed by atoms with Crippen LogP contribution in [0.15, 0.2) is 6.20 Å². The van der Waals surface area contributed by atoms with Gasteiger partial charge in [-0.3, -0.25) is 9.48 Å². The van der Waals surface area contributed by atoms with Crippen molar-refractivity contribution in [2.45, 2.75) is 32.7 Å². The molecule has 6 heteroatoms. The molecule has 94 valence electrons. The first kappa shape index (κ1) is 12.3. The third kappa shape index (κ3) is 2.01. The van der Waals surface area contributed by atoms with Crippen LogP contribution in [0.3, 0.4) is 0 Å². The number of nitrogens with zero attached hydrogens (tertiary/aromatic N) is 2. The third-order valence-electron chi connectivity index (χ3n) is 3.38. The Hall–Kier alpha value is -1.17. The second-order valence-corrected chi connectivity index (χ2v) is 7.13. The van der Waals surface area contributed by atoms with Crippen LogP contribution in [-0.4, -0.2) is 35.5 Å². The van der Waals surface area contributed by atoms with E-state index in [1.807, 2.05) is 6.92 Å². The maximum atomic E-state index is 11.6. The molecule has 17 heavy (non-hydrogen) atoms. The lowest BCUT2D eigenvalue weighted by molar-refractivity contribution is 0.101. The van der Waals surface area contributed by atoms with Crippen LogP contribution >= 0.6 is 0 Å². The van der Waals surface area contributed by atoms with Crippen molar-refractivity contribution in [3.8, 4) is 0 Å². The minimum absolute atomic E-state index is 0.0433. The Balaban J connectivity index is 2.45. The number of aromatic nitrogens is 2. The van der Waals surface area contributed by atoms with Crippen LogP contribution in [0.25, 0.3) is 0 Å². The molecule has 0 N–H and O–H groups in total. The Morgan fingerprint density at radius 1 is 1.53 bits per heavy atom. The standard InChI is InChI=1S/C11H16N2O3S/c1-8-10(9(2)14)6-12-13(8)11(3)4-5-17(15,16)7-11/h6H,4-5,7H2,1-3H3. The Labute approximate surface area is 101 Å². The molecule has 1 fully saturated rings. The van der Waals surface area contributed by atoms with Crippen molar-refractivity contribution in [2.75, 3.05) is 11.5 Å². The quantitative estimate of drug-likeness (QED) is 0.738. The van der Waals surface area contributed by atoms with Gasteiger partial charge in [-0.05, 0) is 27.2 Å². The second-order valence-electron chi connectivity index (χ2n) is 4.95. The van der Waals surface area contributed by atoms with E-state index in [1.54, 1.807) is 11.6 Å². The number of sulfone groups is 1. The number of Topliss-reactive ketones (excluding diaryl/α,β-unsaturated/α-hetero) is 1. The molecule has 1 saturated heterocycles. The molecule has 1 atom stereocenters. The number of carbonyl (C=O) groups excluding carboxylic acids is 1. The summed E-state index contributed by atoms with van der Waals surface area (Å²) in [5.41, 5.74) is 0.795. The zero-order valence-electron chi connectivity index (χ0n) is 10.2. The van der Waals surface area contributed by atoms with E-state index in [0.717, 1.165) is 5.69 Å². The summed E-state index contributed by atoms with van der Waals surface area (Å²) in [6, 6.07) is 0. The van der Waals surface area contributed by atoms with E-state index in [4.69, 9.17) is 0 Å². The lowest BCUT2D eigenvalue weighted by atomic mass is 10.0. The van der Waals surface area contributed by atoms with Crippen molar-refractivity contribution in [2.24, 2.45) is 0 Å². The molecule has 1 aromatic heterocycles. The van der Waals surface area contributed by atoms with Crippen LogP contribution < -0.4 is 0 Å². The van der Waals surface area contributed by atoms with Gasteiger partial charge in [-0.2, -0.15) is 5.10 Å². The molecule has 0 amide bonds. The predicted octanol–water partition coefficient (Wildman–Crippen LogP) is 0.928. The van der Waals surface area contributed by atoms with Crippen molar-refractivity contribution in [1.82, 2.24) is 9.78 Å². The Bertz CT molecular complexity index is 574. The molecule has 0 bridgehead atoms. The number of rotatable bonds is 2. The maximum Gasteiger partial charge on any atom is 0.163 e. The molecule has 1 aromatic rings. The smallest absolute Gasteiger partial charge is 0.163 e. The monoisotopic (exact) mass is 256 g/mol. The Morgan fingerprint density at radius 3 is 2.59 bits per heavy atom. The summed E-state index contributed by atoms with van der Waals surface area (Å²) < 4.78 is 24.8. The van der Waals surface area contributed by atoms with Crippen LogP contribution in [0.2, 0.25) is 0 Å². The highest BCUT2D eigenvalue weighted by Crippen LogP contribution is 2.31. The molecule has 5 nitrogen and oxygen atoms in total. The summed E-state index contributed by atoms with van der Waals surface area (Å²) in [4.78, 5) is 11.4. The fourth-order valence-corrected chi connectivity index (χ4v) is 4.57. The molecule has 0 spiro atoms. The summed E-state index contributed by atoms with van der Waals surface area (Å²) in [6.07, 6.45) is 2.07. The molecule has 1 aliphatic heterocycles. The maximum absolute atomic E-state index is 11.6. The lowest BCUT2D eigenvalue weighted by Crippen LogP contribution is -2.33. The van der Waals surface area contributed by atoms with Crippen LogP contribution in [0.1, 0.15) is 36.3 Å². The van der Waals surface area contributed by atoms with Gasteiger partial charge < -0.3 is 0 Å². The Kier molecular flexibility index (Phi) is 2.65. The minimum atomic E-state index is -2.98. The van der Waals surface area contributed by atoms with E-state index >= 15 is 0 Å². The van der Waals surface area contributed by atoms with Crippen LogP contribution in [0.5, 0.6) is 0 Å². The Morgan fingerprint density at radius 2 is 2.18 bits per heavy atom. The van der Waals surface area contributed by atoms with E-state index < -0.39 is 15.4 Å². The molecular weight excluding hydrogens is 240 g/mol. The van der Waals surface area contributed by atoms with Crippen LogP contribution in [0.4, 0.5) is 0 Å². The first-order valence-corrected chi connectivity index (χ1v) is 7.34. The highest BCUT2D eigenvalue weighted by atomic mass is 32.2. The molecule has 1 unspecified atom stereocenters. The fraction of sp³-hybridized carbons (Fsp3) is 0.636. The first-order chi connectivity index (χ1) is 7.75. The van der Waals surface area contributed by atoms with Gasteiger partial charge in [-0.1, -0.05) is 0 Å². The molecule has 2 heterocycles. The minimum Gasteiger partial charge on any atom is -0.294 e. The number of hydrogen-bond acceptors (Lipinski definition) is 4. The first-order valence-electron chi connectivity index (χ1n) is 5.52. The van der Waals surface area contributed by atoms with Gasteiger partial charge in [0.25, 0.3) is 0 Å². The molecule has 1 aliphatic rings. The predicted molar refractivity (Wildman–Crippen MR) is 63.9 cm³/mol. The van der Waals surface area contributed by atoms with Gasteiger partial charge in [-0.15, -0.1) is 0 Å². The van der Waals surface area contributed by atoms with Crippen LogP contribution in [0, 0.1) is 6.92 Å². The SMILES string of the molecule is CC(=O)c1cnn(C2(C)CCS(=O)(=O)C2)c1C. The third-order valence-corrected chi connectivity index (χ3v) is 5.27. The van der Waals surface area contributed by atoms with E-state index in [9.17, 15) is 13.2 Å². The average Bonchev–Trinajstić information content (AvgIpc) is 2.68. The van der Waals surface area contributed by atoms with Crippen molar-refractivity contribution in [1.29, 1.82) is 0 Å². The van der Waals surface area contributed by atoms with Gasteiger partial charge in [0.2, 0.25) is 0 Å². The fourth-order valence-electron chi connectivity index (χ4n) is 2.46.